The molecule has 0 amide bonds. The zero-order valence-electron chi connectivity index (χ0n) is 16.8. The molecule has 0 aromatic rings. The molecule has 0 aromatic heterocycles. The van der Waals surface area contributed by atoms with Crippen LogP contribution < -0.4 is 0 Å². The summed E-state index contributed by atoms with van der Waals surface area (Å²) in [6.07, 6.45) is 15.9. The molecule has 0 saturated heterocycles. The highest BCUT2D eigenvalue weighted by molar-refractivity contribution is 5.66. The Balaban J connectivity index is 3.59. The monoisotopic (exact) mass is 374 g/mol. The molecule has 0 aliphatic heterocycles. The van der Waals surface area contributed by atoms with Gasteiger partial charge in [-0.15, -0.1) is 0 Å². The molecule has 0 saturated carbocycles. The lowest BCUT2D eigenvalue weighted by molar-refractivity contribution is -0.138. The number of hydrogen-bond donors (Lipinski definition) is 3. The number of carboxylic acids is 1. The van der Waals surface area contributed by atoms with E-state index in [9.17, 15) is 9.90 Å². The molecule has 0 heterocycles. The van der Waals surface area contributed by atoms with E-state index < -0.39 is 12.1 Å². The lowest BCUT2D eigenvalue weighted by Crippen LogP contribution is -2.25. The maximum absolute atomic E-state index is 10.7. The van der Waals surface area contributed by atoms with Crippen LogP contribution in [0, 0.1) is 0 Å². The minimum absolute atomic E-state index is 0.0685. The van der Waals surface area contributed by atoms with Gasteiger partial charge in [-0.1, -0.05) is 84.0 Å². The van der Waals surface area contributed by atoms with E-state index >= 15 is 0 Å². The summed E-state index contributed by atoms with van der Waals surface area (Å²) in [7, 11) is 0. The molecule has 2 unspecified atom stereocenters. The number of aliphatic carboxylic acids is 1. The molecule has 156 valence electrons. The van der Waals surface area contributed by atoms with Crippen molar-refractivity contribution in [1.29, 1.82) is 0 Å². The molecule has 3 N–H and O–H groups in total. The summed E-state index contributed by atoms with van der Waals surface area (Å²) in [5.41, 5.74) is 0. The number of ether oxygens (including phenoxy) is 1. The summed E-state index contributed by atoms with van der Waals surface area (Å²) >= 11 is 0. The summed E-state index contributed by atoms with van der Waals surface area (Å²) in [6, 6.07) is 0. The first-order valence-electron chi connectivity index (χ1n) is 10.7. The molecular weight excluding hydrogens is 332 g/mol. The first kappa shape index (κ1) is 25.4. The van der Waals surface area contributed by atoms with Gasteiger partial charge in [-0.2, -0.15) is 0 Å². The van der Waals surface area contributed by atoms with Crippen molar-refractivity contribution in [3.05, 3.63) is 0 Å². The second-order valence-corrected chi connectivity index (χ2v) is 7.40. The third kappa shape index (κ3) is 18.2. The van der Waals surface area contributed by atoms with Crippen LogP contribution in [-0.2, 0) is 9.53 Å². The first-order chi connectivity index (χ1) is 12.6. The van der Waals surface area contributed by atoms with Crippen molar-refractivity contribution < 1.29 is 24.9 Å². The van der Waals surface area contributed by atoms with Crippen molar-refractivity contribution in [3.8, 4) is 0 Å². The standard InChI is InChI=1S/C21H42O5/c1-2-3-4-5-6-7-8-9-10-11-12-13-14-20(15-16-21(24)25)26-18-19(23)17-22/h19-20,22-23H,2-18H2,1H3,(H,24,25). The Labute approximate surface area is 160 Å². The van der Waals surface area contributed by atoms with Gasteiger partial charge in [0.05, 0.1) is 19.3 Å². The van der Waals surface area contributed by atoms with Gasteiger partial charge in [0.1, 0.15) is 6.10 Å². The molecule has 5 nitrogen and oxygen atoms in total. The predicted molar refractivity (Wildman–Crippen MR) is 105 cm³/mol. The van der Waals surface area contributed by atoms with Crippen LogP contribution in [-0.4, -0.2) is 46.7 Å². The Kier molecular flexibility index (Phi) is 18.6. The van der Waals surface area contributed by atoms with Crippen LogP contribution in [0.15, 0.2) is 0 Å². The summed E-state index contributed by atoms with van der Waals surface area (Å²) in [5.74, 6) is -0.823. The Morgan fingerprint density at radius 3 is 1.81 bits per heavy atom. The number of rotatable bonds is 20. The first-order valence-corrected chi connectivity index (χ1v) is 10.7. The topological polar surface area (TPSA) is 87.0 Å². The van der Waals surface area contributed by atoms with Crippen LogP contribution in [0.1, 0.15) is 103 Å². The van der Waals surface area contributed by atoms with Gasteiger partial charge < -0.3 is 20.1 Å². The Bertz CT molecular complexity index is 309. The SMILES string of the molecule is CCCCCCCCCCCCCCC(CCC(=O)O)OCC(O)CO. The quantitative estimate of drug-likeness (QED) is 0.269. The third-order valence-corrected chi connectivity index (χ3v) is 4.79. The van der Waals surface area contributed by atoms with Crippen molar-refractivity contribution >= 4 is 5.97 Å². The number of aliphatic hydroxyl groups is 2. The molecule has 0 bridgehead atoms. The highest BCUT2D eigenvalue weighted by atomic mass is 16.5. The molecule has 26 heavy (non-hydrogen) atoms. The lowest BCUT2D eigenvalue weighted by atomic mass is 10.0. The number of carbonyl (C=O) groups is 1. The number of carboxylic acid groups (broad SMARTS) is 1. The molecule has 0 radical (unpaired) electrons. The van der Waals surface area contributed by atoms with E-state index in [0.29, 0.717) is 6.42 Å². The van der Waals surface area contributed by atoms with E-state index in [1.54, 1.807) is 0 Å². The van der Waals surface area contributed by atoms with Gasteiger partial charge in [-0.3, -0.25) is 4.79 Å². The minimum atomic E-state index is -0.885. The van der Waals surface area contributed by atoms with E-state index in [1.165, 1.54) is 64.2 Å². The highest BCUT2D eigenvalue weighted by Gasteiger charge is 2.13. The summed E-state index contributed by atoms with van der Waals surface area (Å²) < 4.78 is 5.57. The van der Waals surface area contributed by atoms with E-state index in [1.807, 2.05) is 0 Å². The van der Waals surface area contributed by atoms with Crippen LogP contribution in [0.2, 0.25) is 0 Å². The molecule has 0 spiro atoms. The summed E-state index contributed by atoms with van der Waals surface area (Å²) in [6.45, 7) is 1.99. The molecule has 0 rings (SSSR count). The Hall–Kier alpha value is -0.650. The normalized spacial score (nSPS) is 13.7. The zero-order chi connectivity index (χ0) is 19.5. The highest BCUT2D eigenvalue weighted by Crippen LogP contribution is 2.16. The van der Waals surface area contributed by atoms with Crippen molar-refractivity contribution in [1.82, 2.24) is 0 Å². The number of hydrogen-bond acceptors (Lipinski definition) is 4. The average molecular weight is 375 g/mol. The van der Waals surface area contributed by atoms with Crippen LogP contribution in [0.5, 0.6) is 0 Å². The molecule has 0 aliphatic rings. The largest absolute Gasteiger partial charge is 0.481 e. The smallest absolute Gasteiger partial charge is 0.303 e. The van der Waals surface area contributed by atoms with E-state index in [4.69, 9.17) is 14.9 Å². The maximum Gasteiger partial charge on any atom is 0.303 e. The molecule has 0 fully saturated rings. The summed E-state index contributed by atoms with van der Waals surface area (Å²) in [5, 5.41) is 27.0. The molecule has 5 heteroatoms. The minimum Gasteiger partial charge on any atom is -0.481 e. The van der Waals surface area contributed by atoms with Crippen LogP contribution in [0.4, 0.5) is 0 Å². The van der Waals surface area contributed by atoms with Crippen LogP contribution in [0.3, 0.4) is 0 Å². The predicted octanol–water partition coefficient (Wildman–Crippen LogP) is 4.68. The average Bonchev–Trinajstić information content (AvgIpc) is 2.63. The second-order valence-electron chi connectivity index (χ2n) is 7.40. The maximum atomic E-state index is 10.7. The lowest BCUT2D eigenvalue weighted by Gasteiger charge is -2.18. The Morgan fingerprint density at radius 1 is 0.846 bits per heavy atom. The van der Waals surface area contributed by atoms with Gasteiger partial charge >= 0.3 is 5.97 Å². The molecule has 0 aliphatic carbocycles. The van der Waals surface area contributed by atoms with Gasteiger partial charge in [0.25, 0.3) is 0 Å². The third-order valence-electron chi connectivity index (χ3n) is 4.79. The van der Waals surface area contributed by atoms with Crippen molar-refractivity contribution in [3.63, 3.8) is 0 Å². The van der Waals surface area contributed by atoms with Gasteiger partial charge in [0.2, 0.25) is 0 Å². The van der Waals surface area contributed by atoms with Crippen LogP contribution in [0.25, 0.3) is 0 Å². The van der Waals surface area contributed by atoms with E-state index in [2.05, 4.69) is 6.92 Å². The van der Waals surface area contributed by atoms with Crippen LogP contribution >= 0.6 is 0 Å². The van der Waals surface area contributed by atoms with Gasteiger partial charge in [0.15, 0.2) is 0 Å². The molecule has 2 atom stereocenters. The number of aliphatic hydroxyl groups excluding tert-OH is 2. The van der Waals surface area contributed by atoms with Crippen molar-refractivity contribution in [2.24, 2.45) is 0 Å². The Morgan fingerprint density at radius 2 is 1.35 bits per heavy atom. The second kappa shape index (κ2) is 19.1. The fourth-order valence-electron chi connectivity index (χ4n) is 3.11. The van der Waals surface area contributed by atoms with E-state index in [0.717, 1.165) is 19.3 Å². The molecular formula is C21H42O5. The number of unbranched alkanes of at least 4 members (excludes halogenated alkanes) is 11. The molecule has 0 aromatic carbocycles. The van der Waals surface area contributed by atoms with E-state index in [-0.39, 0.29) is 25.7 Å². The zero-order valence-corrected chi connectivity index (χ0v) is 16.8. The van der Waals surface area contributed by atoms with Gasteiger partial charge in [0, 0.05) is 6.42 Å². The van der Waals surface area contributed by atoms with Crippen molar-refractivity contribution in [2.45, 2.75) is 115 Å². The summed E-state index contributed by atoms with van der Waals surface area (Å²) in [4.78, 5) is 10.7. The van der Waals surface area contributed by atoms with Crippen molar-refractivity contribution in [2.75, 3.05) is 13.2 Å². The fraction of sp³-hybridized carbons (Fsp3) is 0.952. The van der Waals surface area contributed by atoms with Gasteiger partial charge in [-0.25, -0.2) is 0 Å². The fourth-order valence-corrected chi connectivity index (χ4v) is 3.11. The van der Waals surface area contributed by atoms with Gasteiger partial charge in [-0.05, 0) is 12.8 Å².